The molecule has 0 saturated carbocycles. The van der Waals surface area contributed by atoms with Crippen molar-refractivity contribution in [3.8, 4) is 0 Å². The molecule has 0 fully saturated rings. The molecular formula is C15H31ClO4. The Balaban J connectivity index is 4.40. The standard InChI is InChI=1S/C15H31ClO4/c1-8-10-13(3,4)17-19-15(7,12-16)20-18-14(5,6)11-9-2/h8-12H2,1-7H3. The van der Waals surface area contributed by atoms with E-state index in [4.69, 9.17) is 31.2 Å². The SMILES string of the molecule is CCCC(C)(C)OOC(C)(CCl)OOC(C)(C)CCC. The van der Waals surface area contributed by atoms with E-state index >= 15 is 0 Å². The van der Waals surface area contributed by atoms with Gasteiger partial charge in [0, 0.05) is 0 Å². The Morgan fingerprint density at radius 2 is 1.05 bits per heavy atom. The van der Waals surface area contributed by atoms with Crippen LogP contribution >= 0.6 is 11.6 Å². The topological polar surface area (TPSA) is 36.9 Å². The lowest BCUT2D eigenvalue weighted by Crippen LogP contribution is -2.41. The number of halogens is 1. The summed E-state index contributed by atoms with van der Waals surface area (Å²) in [6.45, 7) is 13.8. The quantitative estimate of drug-likeness (QED) is 0.233. The van der Waals surface area contributed by atoms with Gasteiger partial charge in [0.05, 0.1) is 17.1 Å². The van der Waals surface area contributed by atoms with Gasteiger partial charge in [0.1, 0.15) is 0 Å². The zero-order chi connectivity index (χ0) is 15.9. The molecule has 0 atom stereocenters. The normalized spacial score (nSPS) is 13.8. The average molecular weight is 311 g/mol. The zero-order valence-corrected chi connectivity index (χ0v) is 14.8. The number of alkyl halides is 1. The van der Waals surface area contributed by atoms with Crippen molar-refractivity contribution in [3.05, 3.63) is 0 Å². The molecule has 122 valence electrons. The van der Waals surface area contributed by atoms with Crippen molar-refractivity contribution in [1.82, 2.24) is 0 Å². The van der Waals surface area contributed by atoms with Gasteiger partial charge in [0.2, 0.25) is 5.79 Å². The molecule has 0 bridgehead atoms. The van der Waals surface area contributed by atoms with Gasteiger partial charge in [0.15, 0.2) is 0 Å². The van der Waals surface area contributed by atoms with E-state index in [9.17, 15) is 0 Å². The van der Waals surface area contributed by atoms with Crippen LogP contribution in [0.25, 0.3) is 0 Å². The summed E-state index contributed by atoms with van der Waals surface area (Å²) in [6.07, 6.45) is 3.78. The summed E-state index contributed by atoms with van der Waals surface area (Å²) in [5.74, 6) is -1.02. The molecule has 0 amide bonds. The van der Waals surface area contributed by atoms with E-state index in [0.717, 1.165) is 25.7 Å². The van der Waals surface area contributed by atoms with Crippen LogP contribution in [-0.2, 0) is 19.6 Å². The molecule has 0 aliphatic carbocycles. The van der Waals surface area contributed by atoms with Crippen LogP contribution < -0.4 is 0 Å². The fourth-order valence-electron chi connectivity index (χ4n) is 1.75. The summed E-state index contributed by atoms with van der Waals surface area (Å²) in [5.41, 5.74) is -0.769. The van der Waals surface area contributed by atoms with E-state index < -0.39 is 5.79 Å². The number of hydrogen-bond donors (Lipinski definition) is 0. The Morgan fingerprint density at radius 3 is 1.30 bits per heavy atom. The van der Waals surface area contributed by atoms with Gasteiger partial charge in [0.25, 0.3) is 0 Å². The van der Waals surface area contributed by atoms with Gasteiger partial charge in [-0.15, -0.1) is 11.6 Å². The van der Waals surface area contributed by atoms with Crippen LogP contribution in [0.1, 0.15) is 74.1 Å². The van der Waals surface area contributed by atoms with Crippen LogP contribution in [0.4, 0.5) is 0 Å². The molecule has 0 aromatic carbocycles. The Labute approximate surface area is 128 Å². The minimum Gasteiger partial charge on any atom is -0.228 e. The van der Waals surface area contributed by atoms with Crippen LogP contribution in [0.15, 0.2) is 0 Å². The fourth-order valence-corrected chi connectivity index (χ4v) is 1.84. The van der Waals surface area contributed by atoms with E-state index in [1.807, 2.05) is 27.7 Å². The Morgan fingerprint density at radius 1 is 0.700 bits per heavy atom. The third-order valence-electron chi connectivity index (χ3n) is 2.83. The second-order valence-electron chi connectivity index (χ2n) is 6.62. The molecule has 0 N–H and O–H groups in total. The summed E-state index contributed by atoms with van der Waals surface area (Å²) < 4.78 is 0. The zero-order valence-electron chi connectivity index (χ0n) is 14.0. The van der Waals surface area contributed by atoms with E-state index in [-0.39, 0.29) is 17.1 Å². The smallest absolute Gasteiger partial charge is 0.228 e. The van der Waals surface area contributed by atoms with E-state index in [1.54, 1.807) is 6.92 Å². The Bertz CT molecular complexity index is 245. The monoisotopic (exact) mass is 310 g/mol. The van der Waals surface area contributed by atoms with Crippen LogP contribution in [0.3, 0.4) is 0 Å². The van der Waals surface area contributed by atoms with E-state index in [2.05, 4.69) is 13.8 Å². The predicted octanol–water partition coefficient (Wildman–Crippen LogP) is 5.00. The van der Waals surface area contributed by atoms with Crippen LogP contribution in [0.5, 0.6) is 0 Å². The van der Waals surface area contributed by atoms with Crippen LogP contribution in [0, 0.1) is 0 Å². The summed E-state index contributed by atoms with van der Waals surface area (Å²) >= 11 is 5.91. The minimum absolute atomic E-state index is 0.109. The maximum atomic E-state index is 5.91. The average Bonchev–Trinajstić information content (AvgIpc) is 2.34. The van der Waals surface area contributed by atoms with Gasteiger partial charge in [-0.3, -0.25) is 0 Å². The Kier molecular flexibility index (Phi) is 8.60. The lowest BCUT2D eigenvalue weighted by Gasteiger charge is -2.33. The molecule has 0 heterocycles. The number of hydrogen-bond acceptors (Lipinski definition) is 4. The van der Waals surface area contributed by atoms with Crippen molar-refractivity contribution in [2.24, 2.45) is 0 Å². The largest absolute Gasteiger partial charge is 0.244 e. The Hall–Kier alpha value is 0.130. The second-order valence-corrected chi connectivity index (χ2v) is 6.89. The van der Waals surface area contributed by atoms with Gasteiger partial charge < -0.3 is 0 Å². The molecule has 0 spiro atoms. The molecule has 20 heavy (non-hydrogen) atoms. The molecule has 5 heteroatoms. The molecule has 0 unspecified atom stereocenters. The molecule has 0 aliphatic rings. The molecule has 0 aromatic heterocycles. The van der Waals surface area contributed by atoms with Gasteiger partial charge >= 0.3 is 0 Å². The minimum atomic E-state index is -1.13. The van der Waals surface area contributed by atoms with E-state index in [0.29, 0.717) is 0 Å². The lowest BCUT2D eigenvalue weighted by atomic mass is 10.0. The molecule has 0 radical (unpaired) electrons. The fraction of sp³-hybridized carbons (Fsp3) is 1.00. The summed E-state index contributed by atoms with van der Waals surface area (Å²) in [7, 11) is 0. The van der Waals surface area contributed by atoms with Crippen molar-refractivity contribution >= 4 is 11.6 Å². The first kappa shape index (κ1) is 20.1. The summed E-state index contributed by atoms with van der Waals surface area (Å²) in [5, 5.41) is 0. The maximum absolute atomic E-state index is 5.91. The highest BCUT2D eigenvalue weighted by molar-refractivity contribution is 6.18. The van der Waals surface area contributed by atoms with Gasteiger partial charge in [-0.1, -0.05) is 26.7 Å². The third-order valence-corrected chi connectivity index (χ3v) is 3.32. The highest BCUT2D eigenvalue weighted by Gasteiger charge is 2.34. The van der Waals surface area contributed by atoms with Gasteiger partial charge in [-0.2, -0.15) is 9.78 Å². The van der Waals surface area contributed by atoms with Crippen molar-refractivity contribution in [3.63, 3.8) is 0 Å². The number of rotatable bonds is 11. The molecule has 0 saturated heterocycles. The highest BCUT2D eigenvalue weighted by atomic mass is 35.5. The van der Waals surface area contributed by atoms with Gasteiger partial charge in [-0.05, 0) is 47.5 Å². The third kappa shape index (κ3) is 8.42. The highest BCUT2D eigenvalue weighted by Crippen LogP contribution is 2.26. The molecule has 4 nitrogen and oxygen atoms in total. The second kappa shape index (κ2) is 8.54. The van der Waals surface area contributed by atoms with E-state index in [1.165, 1.54) is 0 Å². The maximum Gasteiger partial charge on any atom is 0.244 e. The van der Waals surface area contributed by atoms with Crippen LogP contribution in [-0.4, -0.2) is 22.9 Å². The van der Waals surface area contributed by atoms with Crippen LogP contribution in [0.2, 0.25) is 0 Å². The predicted molar refractivity (Wildman–Crippen MR) is 81.4 cm³/mol. The summed E-state index contributed by atoms with van der Waals surface area (Å²) in [4.78, 5) is 21.7. The van der Waals surface area contributed by atoms with Crippen molar-refractivity contribution < 1.29 is 19.6 Å². The molecule has 0 aliphatic heterocycles. The summed E-state index contributed by atoms with van der Waals surface area (Å²) in [6, 6.07) is 0. The lowest BCUT2D eigenvalue weighted by molar-refractivity contribution is -0.533. The molecular weight excluding hydrogens is 280 g/mol. The van der Waals surface area contributed by atoms with Crippen molar-refractivity contribution in [2.45, 2.75) is 91.1 Å². The first-order chi connectivity index (χ1) is 9.10. The first-order valence-electron chi connectivity index (χ1n) is 7.39. The molecule has 0 aromatic rings. The van der Waals surface area contributed by atoms with Crippen molar-refractivity contribution in [2.75, 3.05) is 5.88 Å². The molecule has 0 rings (SSSR count). The van der Waals surface area contributed by atoms with Crippen molar-refractivity contribution in [1.29, 1.82) is 0 Å². The van der Waals surface area contributed by atoms with Gasteiger partial charge in [-0.25, -0.2) is 9.78 Å². The first-order valence-corrected chi connectivity index (χ1v) is 7.93.